The van der Waals surface area contributed by atoms with E-state index < -0.39 is 11.7 Å². The molecule has 3 nitrogen and oxygen atoms in total. The summed E-state index contributed by atoms with van der Waals surface area (Å²) in [6.45, 7) is 3.23. The highest BCUT2D eigenvalue weighted by atomic mass is 19.1. The molecule has 0 fully saturated rings. The number of hydrogen-bond acceptors (Lipinski definition) is 2. The van der Waals surface area contributed by atoms with Crippen molar-refractivity contribution in [3.8, 4) is 0 Å². The van der Waals surface area contributed by atoms with Crippen LogP contribution in [0.3, 0.4) is 0 Å². The Bertz CT molecular complexity index is 366. The molecule has 4 heteroatoms. The lowest BCUT2D eigenvalue weighted by Gasteiger charge is -2.11. The summed E-state index contributed by atoms with van der Waals surface area (Å²) in [5, 5.41) is 11.2. The van der Waals surface area contributed by atoms with Gasteiger partial charge in [0.05, 0.1) is 12.2 Å². The van der Waals surface area contributed by atoms with E-state index in [2.05, 4.69) is 5.32 Å². The van der Waals surface area contributed by atoms with Gasteiger partial charge >= 0.3 is 0 Å². The third kappa shape index (κ3) is 3.02. The standard InChI is InChI=1S/C11H14FNO2/c1-7-3-4-9(10(12)5-7)11(15)13-8(2)6-14/h3-5,8,14H,6H2,1-2H3,(H,13,15)/t8-/m0/s1. The molecule has 0 saturated heterocycles. The van der Waals surface area contributed by atoms with Crippen LogP contribution in [0.1, 0.15) is 22.8 Å². The van der Waals surface area contributed by atoms with Crippen molar-refractivity contribution in [1.82, 2.24) is 5.32 Å². The van der Waals surface area contributed by atoms with Gasteiger partial charge in [-0.25, -0.2) is 4.39 Å². The number of hydrogen-bond donors (Lipinski definition) is 2. The summed E-state index contributed by atoms with van der Waals surface area (Å²) >= 11 is 0. The number of carbonyl (C=O) groups excluding carboxylic acids is 1. The first-order valence-electron chi connectivity index (χ1n) is 4.72. The maximum absolute atomic E-state index is 13.3. The molecule has 2 N–H and O–H groups in total. The van der Waals surface area contributed by atoms with Gasteiger partial charge in [0.1, 0.15) is 5.82 Å². The van der Waals surface area contributed by atoms with Crippen molar-refractivity contribution >= 4 is 5.91 Å². The highest BCUT2D eigenvalue weighted by molar-refractivity contribution is 5.94. The second kappa shape index (κ2) is 4.89. The van der Waals surface area contributed by atoms with Gasteiger partial charge in [-0.05, 0) is 31.5 Å². The van der Waals surface area contributed by atoms with Crippen LogP contribution in [0.4, 0.5) is 4.39 Å². The van der Waals surface area contributed by atoms with Crippen LogP contribution in [0.15, 0.2) is 18.2 Å². The van der Waals surface area contributed by atoms with Gasteiger partial charge in [0, 0.05) is 6.04 Å². The monoisotopic (exact) mass is 211 g/mol. The molecule has 1 atom stereocenters. The Labute approximate surface area is 87.9 Å². The summed E-state index contributed by atoms with van der Waals surface area (Å²) < 4.78 is 13.3. The number of carbonyl (C=O) groups is 1. The van der Waals surface area contributed by atoms with Crippen LogP contribution in [-0.2, 0) is 0 Å². The van der Waals surface area contributed by atoms with Crippen molar-refractivity contribution in [3.63, 3.8) is 0 Å². The molecule has 0 radical (unpaired) electrons. The second-order valence-corrected chi connectivity index (χ2v) is 3.54. The SMILES string of the molecule is Cc1ccc(C(=O)N[C@@H](C)CO)c(F)c1. The van der Waals surface area contributed by atoms with E-state index in [4.69, 9.17) is 5.11 Å². The van der Waals surface area contributed by atoms with Gasteiger partial charge in [0.2, 0.25) is 0 Å². The number of rotatable bonds is 3. The van der Waals surface area contributed by atoms with E-state index in [-0.39, 0.29) is 18.2 Å². The highest BCUT2D eigenvalue weighted by Crippen LogP contribution is 2.09. The first-order chi connectivity index (χ1) is 7.04. The van der Waals surface area contributed by atoms with Crippen LogP contribution in [0.5, 0.6) is 0 Å². The van der Waals surface area contributed by atoms with Crippen molar-refractivity contribution in [2.45, 2.75) is 19.9 Å². The lowest BCUT2D eigenvalue weighted by molar-refractivity contribution is 0.0918. The molecule has 0 spiro atoms. The minimum atomic E-state index is -0.544. The molecule has 1 rings (SSSR count). The molecular formula is C11H14FNO2. The maximum Gasteiger partial charge on any atom is 0.254 e. The van der Waals surface area contributed by atoms with Gasteiger partial charge in [0.15, 0.2) is 0 Å². The Hall–Kier alpha value is -1.42. The molecule has 15 heavy (non-hydrogen) atoms. The van der Waals surface area contributed by atoms with E-state index in [0.29, 0.717) is 0 Å². The van der Waals surface area contributed by atoms with Gasteiger partial charge in [-0.15, -0.1) is 0 Å². The molecule has 0 aliphatic rings. The summed E-state index contributed by atoms with van der Waals surface area (Å²) in [7, 11) is 0. The van der Waals surface area contributed by atoms with E-state index in [1.807, 2.05) is 0 Å². The van der Waals surface area contributed by atoms with E-state index >= 15 is 0 Å². The molecule has 82 valence electrons. The van der Waals surface area contributed by atoms with Gasteiger partial charge in [-0.1, -0.05) is 6.07 Å². The Morgan fingerprint density at radius 2 is 2.27 bits per heavy atom. The average Bonchev–Trinajstić information content (AvgIpc) is 2.17. The summed E-state index contributed by atoms with van der Waals surface area (Å²) in [6, 6.07) is 4.03. The number of benzene rings is 1. The molecule has 0 heterocycles. The Morgan fingerprint density at radius 3 is 2.80 bits per heavy atom. The molecule has 0 aliphatic heterocycles. The van der Waals surface area contributed by atoms with E-state index in [9.17, 15) is 9.18 Å². The van der Waals surface area contributed by atoms with Crippen molar-refractivity contribution < 1.29 is 14.3 Å². The third-order valence-electron chi connectivity index (χ3n) is 2.02. The largest absolute Gasteiger partial charge is 0.394 e. The summed E-state index contributed by atoms with van der Waals surface area (Å²) in [5.41, 5.74) is 0.764. The fraction of sp³-hybridized carbons (Fsp3) is 0.364. The molecule has 0 bridgehead atoms. The third-order valence-corrected chi connectivity index (χ3v) is 2.02. The fourth-order valence-electron chi connectivity index (χ4n) is 1.15. The fourth-order valence-corrected chi connectivity index (χ4v) is 1.15. The van der Waals surface area contributed by atoms with Crippen molar-refractivity contribution in [1.29, 1.82) is 0 Å². The number of nitrogens with one attached hydrogen (secondary N) is 1. The second-order valence-electron chi connectivity index (χ2n) is 3.54. The van der Waals surface area contributed by atoms with Crippen LogP contribution in [0, 0.1) is 12.7 Å². The van der Waals surface area contributed by atoms with Crippen LogP contribution in [-0.4, -0.2) is 23.7 Å². The van der Waals surface area contributed by atoms with Gasteiger partial charge in [-0.2, -0.15) is 0 Å². The maximum atomic E-state index is 13.3. The lowest BCUT2D eigenvalue weighted by atomic mass is 10.1. The van der Waals surface area contributed by atoms with Gasteiger partial charge in [-0.3, -0.25) is 4.79 Å². The van der Waals surface area contributed by atoms with Crippen molar-refractivity contribution in [2.24, 2.45) is 0 Å². The highest BCUT2D eigenvalue weighted by Gasteiger charge is 2.13. The smallest absolute Gasteiger partial charge is 0.254 e. The minimum absolute atomic E-state index is 0.000833. The zero-order valence-electron chi connectivity index (χ0n) is 8.75. The number of aliphatic hydroxyl groups is 1. The predicted molar refractivity (Wildman–Crippen MR) is 55.2 cm³/mol. The minimum Gasteiger partial charge on any atom is -0.394 e. The van der Waals surface area contributed by atoms with E-state index in [1.54, 1.807) is 19.9 Å². The first-order valence-corrected chi connectivity index (χ1v) is 4.72. The van der Waals surface area contributed by atoms with Crippen LogP contribution in [0.25, 0.3) is 0 Å². The quantitative estimate of drug-likeness (QED) is 0.790. The van der Waals surface area contributed by atoms with Gasteiger partial charge < -0.3 is 10.4 Å². The Balaban J connectivity index is 2.82. The molecule has 0 aromatic heterocycles. The summed E-state index contributed by atoms with van der Waals surface area (Å²) in [6.07, 6.45) is 0. The van der Waals surface area contributed by atoms with Crippen molar-refractivity contribution in [2.75, 3.05) is 6.61 Å². The van der Waals surface area contributed by atoms with Crippen LogP contribution < -0.4 is 5.32 Å². The Kier molecular flexibility index (Phi) is 3.80. The predicted octanol–water partition coefficient (Wildman–Crippen LogP) is 1.24. The van der Waals surface area contributed by atoms with Crippen LogP contribution >= 0.6 is 0 Å². The molecule has 1 aromatic carbocycles. The zero-order chi connectivity index (χ0) is 11.4. The van der Waals surface area contributed by atoms with Crippen LogP contribution in [0.2, 0.25) is 0 Å². The van der Waals surface area contributed by atoms with E-state index in [0.717, 1.165) is 5.56 Å². The summed E-state index contributed by atoms with van der Waals surface area (Å²) in [4.78, 5) is 11.5. The molecule has 0 unspecified atom stereocenters. The first kappa shape index (κ1) is 11.7. The number of aliphatic hydroxyl groups excluding tert-OH is 1. The normalized spacial score (nSPS) is 12.3. The topological polar surface area (TPSA) is 49.3 Å². The molecule has 1 amide bonds. The van der Waals surface area contributed by atoms with Crippen molar-refractivity contribution in [3.05, 3.63) is 35.1 Å². The van der Waals surface area contributed by atoms with E-state index in [1.165, 1.54) is 12.1 Å². The molecule has 0 aliphatic carbocycles. The zero-order valence-corrected chi connectivity index (χ0v) is 8.75. The number of aryl methyl sites for hydroxylation is 1. The summed E-state index contributed by atoms with van der Waals surface area (Å²) in [5.74, 6) is -1.05. The lowest BCUT2D eigenvalue weighted by Crippen LogP contribution is -2.35. The van der Waals surface area contributed by atoms with Gasteiger partial charge in [0.25, 0.3) is 5.91 Å². The molecule has 0 saturated carbocycles. The Morgan fingerprint density at radius 1 is 1.60 bits per heavy atom. The number of halogens is 1. The average molecular weight is 211 g/mol. The number of amides is 1. The molecule has 1 aromatic rings. The molecular weight excluding hydrogens is 197 g/mol.